The van der Waals surface area contributed by atoms with Gasteiger partial charge in [-0.3, -0.25) is 4.79 Å². The smallest absolute Gasteiger partial charge is 0.180 e. The number of hydrogen-bond donors (Lipinski definition) is 0. The van der Waals surface area contributed by atoms with E-state index in [1.165, 1.54) is 11.8 Å². The Kier molecular flexibility index (Phi) is 5.78. The first-order valence-corrected chi connectivity index (χ1v) is 10.6. The number of carbonyl (C=O) groups excluding carboxylic acids is 1. The maximum Gasteiger partial charge on any atom is 0.180 e. The Balaban J connectivity index is 1.73. The average Bonchev–Trinajstić information content (AvgIpc) is 3.27. The number of nitrogens with zero attached hydrogens (tertiary/aromatic N) is 2. The SMILES string of the molecule is COc1ccc(C(=O)[C@@H](Sc2ncnc3sccc23)c2ccc(OC)cc2)cc1. The monoisotopic (exact) mass is 422 g/mol. The van der Waals surface area contributed by atoms with Crippen LogP contribution in [-0.4, -0.2) is 30.0 Å². The van der Waals surface area contributed by atoms with Crippen LogP contribution in [0.15, 0.2) is 71.3 Å². The van der Waals surface area contributed by atoms with Crippen LogP contribution < -0.4 is 9.47 Å². The van der Waals surface area contributed by atoms with Crippen molar-refractivity contribution in [2.24, 2.45) is 0 Å². The molecule has 146 valence electrons. The Morgan fingerprint density at radius 1 is 0.931 bits per heavy atom. The Hall–Kier alpha value is -2.90. The number of Topliss-reactive ketones (excluding diaryl/α,β-unsaturated/α-hetero) is 1. The summed E-state index contributed by atoms with van der Waals surface area (Å²) in [6, 6.07) is 16.7. The van der Waals surface area contributed by atoms with Gasteiger partial charge in [-0.15, -0.1) is 11.3 Å². The zero-order valence-corrected chi connectivity index (χ0v) is 17.5. The van der Waals surface area contributed by atoms with Crippen LogP contribution >= 0.6 is 23.1 Å². The van der Waals surface area contributed by atoms with E-state index in [0.717, 1.165) is 26.6 Å². The van der Waals surface area contributed by atoms with Crippen LogP contribution in [0.3, 0.4) is 0 Å². The summed E-state index contributed by atoms with van der Waals surface area (Å²) in [6.45, 7) is 0. The van der Waals surface area contributed by atoms with E-state index in [0.29, 0.717) is 11.3 Å². The van der Waals surface area contributed by atoms with Crippen molar-refractivity contribution in [1.82, 2.24) is 9.97 Å². The minimum atomic E-state index is -0.452. The molecule has 0 saturated carbocycles. The Morgan fingerprint density at radius 2 is 1.59 bits per heavy atom. The van der Waals surface area contributed by atoms with Crippen LogP contribution in [0.4, 0.5) is 0 Å². The number of thiophene rings is 1. The lowest BCUT2D eigenvalue weighted by molar-refractivity contribution is 0.0989. The number of rotatable bonds is 7. The number of methoxy groups -OCH3 is 2. The number of benzene rings is 2. The summed E-state index contributed by atoms with van der Waals surface area (Å²) in [4.78, 5) is 23.1. The molecule has 0 aliphatic heterocycles. The van der Waals surface area contributed by atoms with Crippen molar-refractivity contribution in [1.29, 1.82) is 0 Å². The molecule has 0 fully saturated rings. The fourth-order valence-corrected chi connectivity index (χ4v) is 4.89. The molecule has 2 aromatic heterocycles. The second-order valence-electron chi connectivity index (χ2n) is 6.18. The van der Waals surface area contributed by atoms with Crippen molar-refractivity contribution < 1.29 is 14.3 Å². The van der Waals surface area contributed by atoms with Crippen LogP contribution in [0.5, 0.6) is 11.5 Å². The first-order valence-electron chi connectivity index (χ1n) is 8.86. The predicted octanol–water partition coefficient (Wildman–Crippen LogP) is 5.42. The highest BCUT2D eigenvalue weighted by Gasteiger charge is 2.25. The van der Waals surface area contributed by atoms with Gasteiger partial charge in [0.2, 0.25) is 0 Å². The second-order valence-corrected chi connectivity index (χ2v) is 8.17. The molecule has 0 N–H and O–H groups in total. The van der Waals surface area contributed by atoms with Crippen LogP contribution in [0.2, 0.25) is 0 Å². The largest absolute Gasteiger partial charge is 0.497 e. The molecule has 0 amide bonds. The highest BCUT2D eigenvalue weighted by atomic mass is 32.2. The lowest BCUT2D eigenvalue weighted by atomic mass is 10.0. The van der Waals surface area contributed by atoms with Gasteiger partial charge in [-0.05, 0) is 53.4 Å². The molecular formula is C22H18N2O3S2. The van der Waals surface area contributed by atoms with E-state index in [-0.39, 0.29) is 5.78 Å². The van der Waals surface area contributed by atoms with E-state index in [1.54, 1.807) is 56.1 Å². The van der Waals surface area contributed by atoms with Gasteiger partial charge in [0.15, 0.2) is 5.78 Å². The summed E-state index contributed by atoms with van der Waals surface area (Å²) in [5.41, 5.74) is 1.51. The molecule has 0 bridgehead atoms. The van der Waals surface area contributed by atoms with Crippen molar-refractivity contribution >= 4 is 39.1 Å². The zero-order chi connectivity index (χ0) is 20.2. The number of carbonyl (C=O) groups is 1. The fraction of sp³-hybridized carbons (Fsp3) is 0.136. The molecule has 29 heavy (non-hydrogen) atoms. The second kappa shape index (κ2) is 8.63. The lowest BCUT2D eigenvalue weighted by Crippen LogP contribution is -2.10. The van der Waals surface area contributed by atoms with Crippen molar-refractivity contribution in [3.63, 3.8) is 0 Å². The maximum atomic E-state index is 13.4. The molecule has 1 atom stereocenters. The van der Waals surface area contributed by atoms with Gasteiger partial charge in [0, 0.05) is 10.9 Å². The van der Waals surface area contributed by atoms with Crippen molar-refractivity contribution in [3.05, 3.63) is 77.4 Å². The van der Waals surface area contributed by atoms with E-state index < -0.39 is 5.25 Å². The topological polar surface area (TPSA) is 61.3 Å². The van der Waals surface area contributed by atoms with Gasteiger partial charge in [-0.25, -0.2) is 9.97 Å². The van der Waals surface area contributed by atoms with E-state index in [1.807, 2.05) is 35.7 Å². The van der Waals surface area contributed by atoms with Gasteiger partial charge in [0.1, 0.15) is 27.7 Å². The normalized spacial score (nSPS) is 11.9. The molecule has 4 aromatic rings. The summed E-state index contributed by atoms with van der Waals surface area (Å²) in [5.74, 6) is 1.47. The summed E-state index contributed by atoms with van der Waals surface area (Å²) in [7, 11) is 3.23. The summed E-state index contributed by atoms with van der Waals surface area (Å²) >= 11 is 2.99. The molecule has 2 heterocycles. The molecular weight excluding hydrogens is 404 g/mol. The fourth-order valence-electron chi connectivity index (χ4n) is 2.93. The molecule has 0 aliphatic carbocycles. The lowest BCUT2D eigenvalue weighted by Gasteiger charge is -2.17. The zero-order valence-electron chi connectivity index (χ0n) is 15.9. The van der Waals surface area contributed by atoms with Gasteiger partial charge in [-0.2, -0.15) is 0 Å². The molecule has 0 saturated heterocycles. The molecule has 4 rings (SSSR count). The molecule has 5 nitrogen and oxygen atoms in total. The third kappa shape index (κ3) is 4.11. The van der Waals surface area contributed by atoms with Crippen LogP contribution in [-0.2, 0) is 0 Å². The number of thioether (sulfide) groups is 1. The highest BCUT2D eigenvalue weighted by Crippen LogP contribution is 2.40. The standard InChI is InChI=1S/C22H18N2O3S2/c1-26-16-7-3-14(4-8-16)19(25)20(15-5-9-17(27-2)10-6-15)29-22-18-11-12-28-21(18)23-13-24-22/h3-13,20H,1-2H3/t20-/m0/s1. The minimum Gasteiger partial charge on any atom is -0.497 e. The number of hydrogen-bond acceptors (Lipinski definition) is 7. The molecule has 0 radical (unpaired) electrons. The minimum absolute atomic E-state index is 0.00446. The number of fused-ring (bicyclic) bond motifs is 1. The Labute approximate surface area is 176 Å². The maximum absolute atomic E-state index is 13.4. The molecule has 0 aliphatic rings. The first-order chi connectivity index (χ1) is 14.2. The van der Waals surface area contributed by atoms with E-state index in [9.17, 15) is 4.79 Å². The van der Waals surface area contributed by atoms with Crippen LogP contribution in [0, 0.1) is 0 Å². The predicted molar refractivity (Wildman–Crippen MR) is 116 cm³/mol. The summed E-state index contributed by atoms with van der Waals surface area (Å²) in [6.07, 6.45) is 1.55. The van der Waals surface area contributed by atoms with E-state index in [2.05, 4.69) is 9.97 Å². The van der Waals surface area contributed by atoms with Crippen molar-refractivity contribution in [2.45, 2.75) is 10.3 Å². The molecule has 0 spiro atoms. The van der Waals surface area contributed by atoms with E-state index in [4.69, 9.17) is 9.47 Å². The van der Waals surface area contributed by atoms with Gasteiger partial charge in [0.05, 0.1) is 19.5 Å². The molecule has 2 aromatic carbocycles. The Morgan fingerprint density at radius 3 is 2.24 bits per heavy atom. The molecule has 0 unspecified atom stereocenters. The van der Waals surface area contributed by atoms with Gasteiger partial charge in [-0.1, -0.05) is 23.9 Å². The van der Waals surface area contributed by atoms with Gasteiger partial charge < -0.3 is 9.47 Å². The van der Waals surface area contributed by atoms with Gasteiger partial charge in [0.25, 0.3) is 0 Å². The van der Waals surface area contributed by atoms with Crippen molar-refractivity contribution in [2.75, 3.05) is 14.2 Å². The number of ketones is 1. The van der Waals surface area contributed by atoms with Gasteiger partial charge >= 0.3 is 0 Å². The van der Waals surface area contributed by atoms with Crippen LogP contribution in [0.1, 0.15) is 21.2 Å². The van der Waals surface area contributed by atoms with Crippen LogP contribution in [0.25, 0.3) is 10.2 Å². The third-order valence-corrected chi connectivity index (χ3v) is 6.58. The highest BCUT2D eigenvalue weighted by molar-refractivity contribution is 8.00. The summed E-state index contributed by atoms with van der Waals surface area (Å²) < 4.78 is 10.5. The molecule has 7 heteroatoms. The van der Waals surface area contributed by atoms with Crippen molar-refractivity contribution in [3.8, 4) is 11.5 Å². The van der Waals surface area contributed by atoms with E-state index >= 15 is 0 Å². The average molecular weight is 423 g/mol. The number of aromatic nitrogens is 2. The number of ether oxygens (including phenoxy) is 2. The quantitative estimate of drug-likeness (QED) is 0.225. The summed E-state index contributed by atoms with van der Waals surface area (Å²) in [5, 5.41) is 3.28. The third-order valence-electron chi connectivity index (χ3n) is 4.49. The first kappa shape index (κ1) is 19.4. The Bertz CT molecular complexity index is 1120.